The zero-order valence-electron chi connectivity index (χ0n) is 12.2. The monoisotopic (exact) mass is 251 g/mol. The van der Waals surface area contributed by atoms with Crippen molar-refractivity contribution in [1.82, 2.24) is 4.90 Å². The third-order valence-corrected chi connectivity index (χ3v) is 3.27. The number of carbonyl (C=O) groups excluding carboxylic acids is 1. The second-order valence-electron chi connectivity index (χ2n) is 6.72. The van der Waals surface area contributed by atoms with Crippen LogP contribution in [-0.2, 0) is 4.74 Å². The molecule has 3 nitrogen and oxygen atoms in total. The molecule has 0 aliphatic carbocycles. The highest BCUT2D eigenvalue weighted by Gasteiger charge is 2.42. The van der Waals surface area contributed by atoms with Gasteiger partial charge >= 0.3 is 6.09 Å². The molecule has 1 atom stereocenters. The lowest BCUT2D eigenvalue weighted by molar-refractivity contribution is 0.0131. The van der Waals surface area contributed by atoms with Crippen LogP contribution >= 0.6 is 0 Å². The van der Waals surface area contributed by atoms with Crippen molar-refractivity contribution >= 4 is 6.09 Å². The smallest absolute Gasteiger partial charge is 0.410 e. The summed E-state index contributed by atoms with van der Waals surface area (Å²) in [6.45, 7) is 10.6. The van der Waals surface area contributed by atoms with Crippen LogP contribution in [0.3, 0.4) is 0 Å². The van der Waals surface area contributed by atoms with Crippen molar-refractivity contribution in [2.75, 3.05) is 6.54 Å². The average Bonchev–Trinajstić information content (AvgIpc) is 2.48. The topological polar surface area (TPSA) is 29.5 Å². The summed E-state index contributed by atoms with van der Waals surface area (Å²) in [5, 5.41) is 0. The van der Waals surface area contributed by atoms with Gasteiger partial charge in [-0.1, -0.05) is 0 Å². The minimum Gasteiger partial charge on any atom is -0.444 e. The lowest BCUT2D eigenvalue weighted by Gasteiger charge is -2.33. The Balaban J connectivity index is 2.66. The van der Waals surface area contributed by atoms with Crippen molar-refractivity contribution in [3.8, 4) is 12.3 Å². The van der Waals surface area contributed by atoms with Crippen molar-refractivity contribution in [2.24, 2.45) is 5.92 Å². The van der Waals surface area contributed by atoms with Crippen LogP contribution in [0, 0.1) is 18.3 Å². The van der Waals surface area contributed by atoms with Gasteiger partial charge in [0.2, 0.25) is 0 Å². The number of rotatable bonds is 2. The molecule has 0 aromatic carbocycles. The lowest BCUT2D eigenvalue weighted by atomic mass is 9.93. The zero-order chi connectivity index (χ0) is 14.0. The number of hydrogen-bond donors (Lipinski definition) is 0. The van der Waals surface area contributed by atoms with E-state index in [9.17, 15) is 4.79 Å². The number of hydrogen-bond acceptors (Lipinski definition) is 2. The first-order chi connectivity index (χ1) is 8.15. The highest BCUT2D eigenvalue weighted by molar-refractivity contribution is 5.69. The van der Waals surface area contributed by atoms with Crippen LogP contribution in [0.25, 0.3) is 0 Å². The maximum absolute atomic E-state index is 12.2. The molecule has 1 aliphatic rings. The fraction of sp³-hybridized carbons (Fsp3) is 0.800. The van der Waals surface area contributed by atoms with E-state index in [0.717, 1.165) is 25.8 Å². The Morgan fingerprint density at radius 1 is 1.50 bits per heavy atom. The predicted octanol–water partition coefficient (Wildman–Crippen LogP) is 3.44. The van der Waals surface area contributed by atoms with Gasteiger partial charge in [0.1, 0.15) is 5.60 Å². The predicted molar refractivity (Wildman–Crippen MR) is 73.2 cm³/mol. The Morgan fingerprint density at radius 2 is 2.11 bits per heavy atom. The quantitative estimate of drug-likeness (QED) is 0.704. The Hall–Kier alpha value is -1.17. The normalized spacial score (nSPS) is 22.7. The largest absolute Gasteiger partial charge is 0.444 e. The van der Waals surface area contributed by atoms with Crippen LogP contribution in [0.15, 0.2) is 0 Å². The Kier molecular flexibility index (Phi) is 4.32. The lowest BCUT2D eigenvalue weighted by Crippen LogP contribution is -2.45. The van der Waals surface area contributed by atoms with Gasteiger partial charge in [-0.25, -0.2) is 4.79 Å². The molecule has 3 heteroatoms. The molecule has 1 heterocycles. The zero-order valence-corrected chi connectivity index (χ0v) is 12.2. The van der Waals surface area contributed by atoms with Crippen LogP contribution in [0.1, 0.15) is 53.9 Å². The standard InChI is InChI=1S/C15H25NO2/c1-7-8-9-12-10-15(5,6)16(11-12)13(17)18-14(2,3)4/h1,12H,8-11H2,2-6H3/t12-/m0/s1. The molecule has 0 aromatic rings. The maximum Gasteiger partial charge on any atom is 0.410 e. The molecule has 0 unspecified atom stereocenters. The highest BCUT2D eigenvalue weighted by atomic mass is 16.6. The Labute approximate surface area is 111 Å². The molecular formula is C15H25NO2. The van der Waals surface area contributed by atoms with E-state index in [-0.39, 0.29) is 11.6 Å². The van der Waals surface area contributed by atoms with Crippen molar-refractivity contribution in [3.63, 3.8) is 0 Å². The summed E-state index contributed by atoms with van der Waals surface area (Å²) < 4.78 is 5.46. The average molecular weight is 251 g/mol. The van der Waals surface area contributed by atoms with Crippen molar-refractivity contribution in [1.29, 1.82) is 0 Å². The number of carbonyl (C=O) groups is 1. The van der Waals surface area contributed by atoms with E-state index in [0.29, 0.717) is 5.92 Å². The Morgan fingerprint density at radius 3 is 2.61 bits per heavy atom. The first-order valence-electron chi connectivity index (χ1n) is 6.60. The van der Waals surface area contributed by atoms with Crippen molar-refractivity contribution in [2.45, 2.75) is 65.0 Å². The van der Waals surface area contributed by atoms with Gasteiger partial charge in [-0.05, 0) is 53.4 Å². The van der Waals surface area contributed by atoms with E-state index in [1.165, 1.54) is 0 Å². The van der Waals surface area contributed by atoms with E-state index < -0.39 is 5.60 Å². The molecule has 18 heavy (non-hydrogen) atoms. The summed E-state index contributed by atoms with van der Waals surface area (Å²) in [5.74, 6) is 3.16. The van der Waals surface area contributed by atoms with E-state index in [1.54, 1.807) is 0 Å². The molecule has 0 bridgehead atoms. The van der Waals surface area contributed by atoms with E-state index >= 15 is 0 Å². The van der Waals surface area contributed by atoms with Gasteiger partial charge in [-0.15, -0.1) is 12.3 Å². The minimum atomic E-state index is -0.440. The SMILES string of the molecule is C#CCC[C@@H]1CN(C(=O)OC(C)(C)C)C(C)(C)C1. The molecular weight excluding hydrogens is 226 g/mol. The minimum absolute atomic E-state index is 0.137. The molecule has 1 saturated heterocycles. The third-order valence-electron chi connectivity index (χ3n) is 3.27. The van der Waals surface area contributed by atoms with Crippen LogP contribution in [0.4, 0.5) is 4.79 Å². The number of ether oxygens (including phenoxy) is 1. The third kappa shape index (κ3) is 3.94. The van der Waals surface area contributed by atoms with Gasteiger partial charge in [0, 0.05) is 18.5 Å². The molecule has 0 radical (unpaired) electrons. The van der Waals surface area contributed by atoms with Crippen LogP contribution < -0.4 is 0 Å². The van der Waals surface area contributed by atoms with Crippen LogP contribution in [-0.4, -0.2) is 28.7 Å². The van der Waals surface area contributed by atoms with Crippen LogP contribution in [0.2, 0.25) is 0 Å². The van der Waals surface area contributed by atoms with Gasteiger partial charge in [0.25, 0.3) is 0 Å². The summed E-state index contributed by atoms with van der Waals surface area (Å²) in [6.07, 6.45) is 7.84. The van der Waals surface area contributed by atoms with E-state index in [1.807, 2.05) is 25.7 Å². The maximum atomic E-state index is 12.2. The molecule has 0 N–H and O–H groups in total. The summed E-state index contributed by atoms with van der Waals surface area (Å²) in [4.78, 5) is 14.0. The van der Waals surface area contributed by atoms with Gasteiger partial charge < -0.3 is 9.64 Å². The molecule has 102 valence electrons. The molecule has 0 aromatic heterocycles. The molecule has 1 aliphatic heterocycles. The fourth-order valence-corrected chi connectivity index (χ4v) is 2.51. The van der Waals surface area contributed by atoms with Crippen molar-refractivity contribution < 1.29 is 9.53 Å². The summed E-state index contributed by atoms with van der Waals surface area (Å²) in [7, 11) is 0. The Bertz CT molecular complexity index is 346. The second-order valence-corrected chi connectivity index (χ2v) is 6.72. The summed E-state index contributed by atoms with van der Waals surface area (Å²) >= 11 is 0. The fourth-order valence-electron chi connectivity index (χ4n) is 2.51. The molecule has 1 fully saturated rings. The summed E-state index contributed by atoms with van der Waals surface area (Å²) in [6, 6.07) is 0. The first kappa shape index (κ1) is 14.9. The van der Waals surface area contributed by atoms with Gasteiger partial charge in [-0.3, -0.25) is 0 Å². The summed E-state index contributed by atoms with van der Waals surface area (Å²) in [5.41, 5.74) is -0.578. The molecule has 0 spiro atoms. The first-order valence-corrected chi connectivity index (χ1v) is 6.60. The molecule has 1 rings (SSSR count). The van der Waals surface area contributed by atoms with Gasteiger partial charge in [0.15, 0.2) is 0 Å². The van der Waals surface area contributed by atoms with Gasteiger partial charge in [0.05, 0.1) is 0 Å². The highest BCUT2D eigenvalue weighted by Crippen LogP contribution is 2.35. The van der Waals surface area contributed by atoms with Crippen LogP contribution in [0.5, 0.6) is 0 Å². The number of nitrogens with zero attached hydrogens (tertiary/aromatic N) is 1. The number of terminal acetylenes is 1. The molecule has 0 saturated carbocycles. The van der Waals surface area contributed by atoms with E-state index in [4.69, 9.17) is 11.2 Å². The van der Waals surface area contributed by atoms with Crippen molar-refractivity contribution in [3.05, 3.63) is 0 Å². The second kappa shape index (κ2) is 5.22. The molecule has 1 amide bonds. The number of amides is 1. The van der Waals surface area contributed by atoms with E-state index in [2.05, 4.69) is 19.8 Å². The van der Waals surface area contributed by atoms with Gasteiger partial charge in [-0.2, -0.15) is 0 Å². The number of likely N-dealkylation sites (tertiary alicyclic amines) is 1.